The molecule has 0 aliphatic rings. The lowest BCUT2D eigenvalue weighted by Gasteiger charge is -2.21. The third-order valence-corrected chi connectivity index (χ3v) is 8.28. The van der Waals surface area contributed by atoms with Crippen molar-refractivity contribution in [3.05, 3.63) is 45.6 Å². The van der Waals surface area contributed by atoms with E-state index in [2.05, 4.69) is 9.46 Å². The van der Waals surface area contributed by atoms with Crippen molar-refractivity contribution in [3.8, 4) is 5.75 Å². The van der Waals surface area contributed by atoms with Crippen LogP contribution in [0.15, 0.2) is 22.4 Å². The number of alkyl halides is 2. The minimum atomic E-state index is -4.03. The second-order valence-corrected chi connectivity index (χ2v) is 11.9. The Morgan fingerprint density at radius 1 is 1.18 bits per heavy atom. The van der Waals surface area contributed by atoms with Crippen LogP contribution in [-0.2, 0) is 26.7 Å². The largest absolute Gasteiger partial charge is 0.435 e. The van der Waals surface area contributed by atoms with Gasteiger partial charge in [-0.15, -0.1) is 11.3 Å². The number of rotatable bonds is 9. The van der Waals surface area contributed by atoms with E-state index in [9.17, 15) is 27.3 Å². The van der Waals surface area contributed by atoms with E-state index in [-0.39, 0.29) is 28.9 Å². The molecule has 2 rings (SSSR count). The summed E-state index contributed by atoms with van der Waals surface area (Å²) in [5.74, 6) is -2.03. The van der Waals surface area contributed by atoms with E-state index in [1.165, 1.54) is 26.0 Å². The quantitative estimate of drug-likeness (QED) is 0.410. The molecule has 2 aromatic rings. The van der Waals surface area contributed by atoms with Crippen molar-refractivity contribution in [1.29, 1.82) is 4.78 Å². The van der Waals surface area contributed by atoms with Crippen molar-refractivity contribution in [3.63, 3.8) is 0 Å². The van der Waals surface area contributed by atoms with Crippen molar-refractivity contribution in [1.82, 2.24) is 4.72 Å². The molecule has 33 heavy (non-hydrogen) atoms. The second kappa shape index (κ2) is 10.0. The molecule has 0 fully saturated rings. The number of ether oxygens (including phenoxy) is 1. The number of hydrogen-bond donors (Lipinski definition) is 3. The van der Waals surface area contributed by atoms with Crippen LogP contribution in [0.1, 0.15) is 74.9 Å². The lowest BCUT2D eigenvalue weighted by atomic mass is 9.86. The summed E-state index contributed by atoms with van der Waals surface area (Å²) in [6.07, 6.45) is -0.281. The Hall–Kier alpha value is -2.11. The molecule has 1 aromatic carbocycles. The average Bonchev–Trinajstić information content (AvgIpc) is 3.04. The van der Waals surface area contributed by atoms with Crippen LogP contribution in [0.4, 0.5) is 13.2 Å². The summed E-state index contributed by atoms with van der Waals surface area (Å²) < 4.78 is 67.1. The average molecular weight is 507 g/mol. The summed E-state index contributed by atoms with van der Waals surface area (Å²) in [6, 6.07) is 3.88. The molecule has 1 aromatic heterocycles. The van der Waals surface area contributed by atoms with Gasteiger partial charge >= 0.3 is 6.61 Å². The maximum Gasteiger partial charge on any atom is 0.387 e. The van der Waals surface area contributed by atoms with Gasteiger partial charge in [0.2, 0.25) is 5.91 Å². The predicted molar refractivity (Wildman–Crippen MR) is 122 cm³/mol. The molecule has 0 unspecified atom stereocenters. The van der Waals surface area contributed by atoms with Crippen LogP contribution < -0.4 is 9.46 Å². The third-order valence-electron chi connectivity index (χ3n) is 4.88. The standard InChI is InChI=1S/C22H29F3N2O4S2/c1-11(2)14-7-13(31-21(24)25)8-15(12(3)4)16(14)9-19(28)27-33(26,30)20-17(23)10-18(32-20)22(5,6)29/h7-8,10-12,21,29H,9H2,1-6H3,(H2,26,27,28,30)/t33-/m0/s1. The van der Waals surface area contributed by atoms with E-state index in [1.54, 1.807) is 0 Å². The summed E-state index contributed by atoms with van der Waals surface area (Å²) in [7, 11) is -4.03. The molecule has 0 aliphatic carbocycles. The Morgan fingerprint density at radius 2 is 1.70 bits per heavy atom. The van der Waals surface area contributed by atoms with Gasteiger partial charge < -0.3 is 9.84 Å². The van der Waals surface area contributed by atoms with Gasteiger partial charge in [0.05, 0.1) is 12.0 Å². The van der Waals surface area contributed by atoms with Crippen LogP contribution in [0.25, 0.3) is 0 Å². The molecule has 184 valence electrons. The molecule has 3 N–H and O–H groups in total. The minimum Gasteiger partial charge on any atom is -0.435 e. The first-order valence-corrected chi connectivity index (χ1v) is 12.6. The SMILES string of the molecule is CC(C)c1cc(OC(F)F)cc(C(C)C)c1CC(=O)N[S@](=N)(=O)c1sc(C(C)(C)O)cc1F. The maximum absolute atomic E-state index is 14.4. The fourth-order valence-electron chi connectivity index (χ4n) is 3.35. The number of carbonyl (C=O) groups excluding carboxylic acids is 1. The number of amides is 1. The van der Waals surface area contributed by atoms with Crippen LogP contribution >= 0.6 is 11.3 Å². The molecule has 0 radical (unpaired) electrons. The maximum atomic E-state index is 14.4. The van der Waals surface area contributed by atoms with Crippen molar-refractivity contribution < 1.29 is 32.0 Å². The highest BCUT2D eigenvalue weighted by molar-refractivity contribution is 7.93. The summed E-state index contributed by atoms with van der Waals surface area (Å²) in [4.78, 5) is 13.0. The van der Waals surface area contributed by atoms with Gasteiger partial charge in [0.15, 0.2) is 19.9 Å². The second-order valence-electron chi connectivity index (χ2n) is 8.83. The Bertz CT molecular complexity index is 1090. The van der Waals surface area contributed by atoms with Crippen LogP contribution in [0.2, 0.25) is 0 Å². The van der Waals surface area contributed by atoms with Gasteiger partial charge in [-0.05, 0) is 60.6 Å². The number of thiophene rings is 1. The first-order valence-electron chi connectivity index (χ1n) is 10.3. The normalized spacial score (nSPS) is 14.1. The number of benzene rings is 1. The fraction of sp³-hybridized carbons (Fsp3) is 0.500. The van der Waals surface area contributed by atoms with Gasteiger partial charge in [-0.25, -0.2) is 13.4 Å². The number of halogens is 3. The van der Waals surface area contributed by atoms with Crippen molar-refractivity contribution >= 4 is 27.2 Å². The summed E-state index contributed by atoms with van der Waals surface area (Å²) in [6.45, 7) is 7.18. The molecule has 0 bridgehead atoms. The lowest BCUT2D eigenvalue weighted by Crippen LogP contribution is -2.31. The minimum absolute atomic E-state index is 0.0225. The molecule has 0 aliphatic heterocycles. The number of carbonyl (C=O) groups is 1. The van der Waals surface area contributed by atoms with Gasteiger partial charge in [0.25, 0.3) is 0 Å². The molecule has 11 heteroatoms. The van der Waals surface area contributed by atoms with E-state index in [4.69, 9.17) is 4.78 Å². The van der Waals surface area contributed by atoms with Crippen LogP contribution in [0.5, 0.6) is 5.75 Å². The highest BCUT2D eigenvalue weighted by Gasteiger charge is 2.28. The lowest BCUT2D eigenvalue weighted by molar-refractivity contribution is -0.118. The van der Waals surface area contributed by atoms with Crippen LogP contribution in [0, 0.1) is 10.6 Å². The highest BCUT2D eigenvalue weighted by Crippen LogP contribution is 2.35. The van der Waals surface area contributed by atoms with Crippen molar-refractivity contribution in [2.24, 2.45) is 0 Å². The van der Waals surface area contributed by atoms with Gasteiger partial charge in [-0.2, -0.15) is 8.78 Å². The number of aliphatic hydroxyl groups is 1. The van der Waals surface area contributed by atoms with E-state index >= 15 is 0 Å². The summed E-state index contributed by atoms with van der Waals surface area (Å²) in [5, 5.41) is 10.1. The van der Waals surface area contributed by atoms with Crippen LogP contribution in [-0.4, -0.2) is 21.8 Å². The Morgan fingerprint density at radius 3 is 2.09 bits per heavy atom. The Labute approximate surface area is 196 Å². The van der Waals surface area contributed by atoms with Crippen LogP contribution in [0.3, 0.4) is 0 Å². The van der Waals surface area contributed by atoms with E-state index in [1.807, 2.05) is 27.7 Å². The fourth-order valence-corrected chi connectivity index (χ4v) is 5.80. The smallest absolute Gasteiger partial charge is 0.387 e. The zero-order valence-corrected chi connectivity index (χ0v) is 20.9. The molecule has 0 saturated heterocycles. The zero-order valence-electron chi connectivity index (χ0n) is 19.3. The molecule has 0 saturated carbocycles. The molecular formula is C22H29F3N2O4S2. The van der Waals surface area contributed by atoms with Gasteiger partial charge in [0.1, 0.15) is 5.75 Å². The van der Waals surface area contributed by atoms with Gasteiger partial charge in [-0.3, -0.25) is 9.52 Å². The predicted octanol–water partition coefficient (Wildman–Crippen LogP) is 5.64. The van der Waals surface area contributed by atoms with E-state index in [0.717, 1.165) is 6.07 Å². The Balaban J connectivity index is 2.41. The molecule has 1 atom stereocenters. The van der Waals surface area contributed by atoms with E-state index < -0.39 is 38.1 Å². The molecular weight excluding hydrogens is 477 g/mol. The van der Waals surface area contributed by atoms with Crippen molar-refractivity contribution in [2.45, 2.75) is 76.2 Å². The Kier molecular flexibility index (Phi) is 8.24. The molecule has 1 heterocycles. The first kappa shape index (κ1) is 27.1. The number of hydrogen-bond acceptors (Lipinski definition) is 6. The molecule has 0 spiro atoms. The summed E-state index contributed by atoms with van der Waals surface area (Å²) >= 11 is 0.655. The van der Waals surface area contributed by atoms with Gasteiger partial charge in [-0.1, -0.05) is 27.7 Å². The van der Waals surface area contributed by atoms with Crippen molar-refractivity contribution in [2.75, 3.05) is 0 Å². The van der Waals surface area contributed by atoms with Gasteiger partial charge in [0, 0.05) is 4.88 Å². The topological polar surface area (TPSA) is 99.5 Å². The molecule has 1 amide bonds. The summed E-state index contributed by atoms with van der Waals surface area (Å²) in [5.41, 5.74) is 0.368. The molecule has 6 nitrogen and oxygen atoms in total. The zero-order chi connectivity index (χ0) is 25.3. The number of nitrogens with one attached hydrogen (secondary N) is 2. The monoisotopic (exact) mass is 506 g/mol. The highest BCUT2D eigenvalue weighted by atomic mass is 32.2. The first-order chi connectivity index (χ1) is 15.0. The van der Waals surface area contributed by atoms with E-state index in [0.29, 0.717) is 28.0 Å². The third kappa shape index (κ3) is 6.70.